The van der Waals surface area contributed by atoms with E-state index in [1.165, 1.54) is 0 Å². The molecule has 1 aliphatic carbocycles. The summed E-state index contributed by atoms with van der Waals surface area (Å²) in [4.78, 5) is 23.2. The predicted octanol–water partition coefficient (Wildman–Crippen LogP) is 3.39. The second-order valence-electron chi connectivity index (χ2n) is 6.33. The maximum absolute atomic E-state index is 12.2. The maximum atomic E-state index is 12.2. The lowest BCUT2D eigenvalue weighted by Crippen LogP contribution is -2.30. The third-order valence-electron chi connectivity index (χ3n) is 4.90. The van der Waals surface area contributed by atoms with Crippen molar-refractivity contribution in [2.45, 2.75) is 44.1 Å². The molecule has 0 amide bonds. The third-order valence-corrected chi connectivity index (χ3v) is 4.90. The van der Waals surface area contributed by atoms with E-state index in [9.17, 15) is 22.8 Å². The number of hydrogen-bond acceptors (Lipinski definition) is 4. The van der Waals surface area contributed by atoms with Gasteiger partial charge in [0.05, 0.1) is 6.42 Å². The first-order valence-electron chi connectivity index (χ1n) is 7.86. The van der Waals surface area contributed by atoms with Gasteiger partial charge < -0.3 is 9.47 Å². The fourth-order valence-corrected chi connectivity index (χ4v) is 3.71. The summed E-state index contributed by atoms with van der Waals surface area (Å²) in [6.45, 7) is 0. The van der Waals surface area contributed by atoms with E-state index in [0.29, 0.717) is 19.3 Å². The molecule has 3 unspecified atom stereocenters. The highest BCUT2D eigenvalue weighted by atomic mass is 19.4. The van der Waals surface area contributed by atoms with Crippen molar-refractivity contribution in [1.29, 1.82) is 0 Å². The molecule has 2 aliphatic rings. The molecule has 3 rings (SSSR count). The Morgan fingerprint density at radius 1 is 1.29 bits per heavy atom. The van der Waals surface area contributed by atoms with Crippen molar-refractivity contribution < 1.29 is 32.2 Å². The SMILES string of the molecule is O=C(CC1C(CCc2ccccc2)CCC12OC2=O)OC(F)(F)F. The molecular weight excluding hydrogens is 325 g/mol. The third kappa shape index (κ3) is 3.55. The zero-order chi connectivity index (χ0) is 17.4. The molecule has 0 radical (unpaired) electrons. The number of carbonyl (C=O) groups is 2. The van der Waals surface area contributed by atoms with Crippen LogP contribution in [0.3, 0.4) is 0 Å². The molecule has 0 bridgehead atoms. The summed E-state index contributed by atoms with van der Waals surface area (Å²) in [5, 5.41) is 0. The lowest BCUT2D eigenvalue weighted by atomic mass is 9.83. The van der Waals surface area contributed by atoms with E-state index >= 15 is 0 Å². The number of alkyl halides is 3. The van der Waals surface area contributed by atoms with Gasteiger partial charge in [-0.1, -0.05) is 30.3 Å². The number of esters is 1. The van der Waals surface area contributed by atoms with Crippen LogP contribution in [0.2, 0.25) is 0 Å². The number of carbonyl (C=O) groups excluding carboxylic acids is 2. The smallest absolute Gasteiger partial charge is 0.444 e. The van der Waals surface area contributed by atoms with E-state index in [-0.39, 0.29) is 5.92 Å². The first-order chi connectivity index (χ1) is 11.3. The van der Waals surface area contributed by atoms with Crippen molar-refractivity contribution in [2.75, 3.05) is 0 Å². The average molecular weight is 342 g/mol. The summed E-state index contributed by atoms with van der Waals surface area (Å²) in [5.74, 6) is -2.38. The second-order valence-corrected chi connectivity index (χ2v) is 6.33. The van der Waals surface area contributed by atoms with Crippen molar-refractivity contribution >= 4 is 11.9 Å². The van der Waals surface area contributed by atoms with Crippen LogP contribution in [0.25, 0.3) is 0 Å². The molecule has 0 N–H and O–H groups in total. The van der Waals surface area contributed by atoms with Crippen LogP contribution in [0.5, 0.6) is 0 Å². The highest BCUT2D eigenvalue weighted by Crippen LogP contribution is 2.54. The largest absolute Gasteiger partial charge is 0.575 e. The van der Waals surface area contributed by atoms with E-state index in [1.807, 2.05) is 30.3 Å². The Balaban J connectivity index is 1.65. The van der Waals surface area contributed by atoms with E-state index in [0.717, 1.165) is 12.0 Å². The molecule has 0 aromatic heterocycles. The predicted molar refractivity (Wildman–Crippen MR) is 76.6 cm³/mol. The number of hydrogen-bond donors (Lipinski definition) is 0. The number of rotatable bonds is 5. The normalized spacial score (nSPS) is 28.7. The summed E-state index contributed by atoms with van der Waals surface area (Å²) in [6.07, 6.45) is -2.92. The first kappa shape index (κ1) is 16.8. The van der Waals surface area contributed by atoms with Crippen molar-refractivity contribution in [2.24, 2.45) is 11.8 Å². The average Bonchev–Trinajstić information content (AvgIpc) is 3.03. The van der Waals surface area contributed by atoms with Gasteiger partial charge in [0.2, 0.25) is 5.60 Å². The van der Waals surface area contributed by atoms with Crippen molar-refractivity contribution in [3.8, 4) is 0 Å². The lowest BCUT2D eigenvalue weighted by Gasteiger charge is -2.20. The molecule has 130 valence electrons. The standard InChI is InChI=1S/C17H17F3O4/c18-17(19,20)23-14(21)10-13-12(8-9-16(13)15(22)24-16)7-6-11-4-2-1-3-5-11/h1-5,12-13H,6-10H2. The summed E-state index contributed by atoms with van der Waals surface area (Å²) < 4.78 is 45.1. The Hall–Kier alpha value is -2.05. The van der Waals surface area contributed by atoms with Gasteiger partial charge >= 0.3 is 18.3 Å². The Morgan fingerprint density at radius 2 is 1.96 bits per heavy atom. The number of halogens is 3. The van der Waals surface area contributed by atoms with Crippen LogP contribution in [-0.4, -0.2) is 23.9 Å². The van der Waals surface area contributed by atoms with Gasteiger partial charge in [0.15, 0.2) is 0 Å². The molecule has 1 saturated heterocycles. The minimum Gasteiger partial charge on any atom is -0.444 e. The van der Waals surface area contributed by atoms with Gasteiger partial charge in [-0.3, -0.25) is 4.79 Å². The fourth-order valence-electron chi connectivity index (χ4n) is 3.71. The van der Waals surface area contributed by atoms with Crippen LogP contribution in [0.15, 0.2) is 30.3 Å². The van der Waals surface area contributed by atoms with Crippen molar-refractivity contribution in [3.05, 3.63) is 35.9 Å². The Labute approximate surface area is 136 Å². The molecular formula is C17H17F3O4. The van der Waals surface area contributed by atoms with Crippen LogP contribution in [0.4, 0.5) is 13.2 Å². The quantitative estimate of drug-likeness (QED) is 0.608. The number of epoxide rings is 1. The van der Waals surface area contributed by atoms with Crippen LogP contribution in [-0.2, 0) is 25.5 Å². The van der Waals surface area contributed by atoms with E-state index in [1.54, 1.807) is 0 Å². The number of benzene rings is 1. The molecule has 4 nitrogen and oxygen atoms in total. The first-order valence-corrected chi connectivity index (χ1v) is 7.86. The Kier molecular flexibility index (Phi) is 4.27. The molecule has 1 aromatic rings. The van der Waals surface area contributed by atoms with E-state index in [4.69, 9.17) is 4.74 Å². The molecule has 1 saturated carbocycles. The maximum Gasteiger partial charge on any atom is 0.575 e. The van der Waals surface area contributed by atoms with Gasteiger partial charge in [0.1, 0.15) is 0 Å². The number of aryl methyl sites for hydroxylation is 1. The minimum atomic E-state index is -5.00. The number of ether oxygens (including phenoxy) is 2. The molecule has 1 heterocycles. The van der Waals surface area contributed by atoms with Gasteiger partial charge in [-0.15, -0.1) is 13.2 Å². The minimum absolute atomic E-state index is 0.0440. The van der Waals surface area contributed by atoms with Crippen molar-refractivity contribution in [1.82, 2.24) is 0 Å². The van der Waals surface area contributed by atoms with E-state index in [2.05, 4.69) is 4.74 Å². The summed E-state index contributed by atoms with van der Waals surface area (Å²) >= 11 is 0. The van der Waals surface area contributed by atoms with Gasteiger partial charge in [-0.05, 0) is 37.2 Å². The molecule has 1 spiro atoms. The molecule has 2 fully saturated rings. The zero-order valence-corrected chi connectivity index (χ0v) is 12.8. The fraction of sp³-hybridized carbons (Fsp3) is 0.529. The highest BCUT2D eigenvalue weighted by molar-refractivity contribution is 5.94. The second kappa shape index (κ2) is 6.11. The van der Waals surface area contributed by atoms with Crippen LogP contribution in [0.1, 0.15) is 31.2 Å². The summed E-state index contributed by atoms with van der Waals surface area (Å²) in [6, 6.07) is 9.67. The van der Waals surface area contributed by atoms with Crippen LogP contribution >= 0.6 is 0 Å². The zero-order valence-electron chi connectivity index (χ0n) is 12.8. The molecule has 3 atom stereocenters. The summed E-state index contributed by atoms with van der Waals surface area (Å²) in [5.41, 5.74) is 0.0458. The monoisotopic (exact) mass is 342 g/mol. The van der Waals surface area contributed by atoms with Crippen LogP contribution < -0.4 is 0 Å². The van der Waals surface area contributed by atoms with Gasteiger partial charge in [0.25, 0.3) is 0 Å². The molecule has 7 heteroatoms. The molecule has 1 aliphatic heterocycles. The Morgan fingerprint density at radius 3 is 2.54 bits per heavy atom. The molecule has 24 heavy (non-hydrogen) atoms. The topological polar surface area (TPSA) is 55.9 Å². The van der Waals surface area contributed by atoms with E-state index < -0.39 is 36.2 Å². The van der Waals surface area contributed by atoms with Gasteiger partial charge in [-0.2, -0.15) is 0 Å². The highest BCUT2D eigenvalue weighted by Gasteiger charge is 2.68. The Bertz CT molecular complexity index is 628. The van der Waals surface area contributed by atoms with Crippen LogP contribution in [0, 0.1) is 11.8 Å². The van der Waals surface area contributed by atoms with Gasteiger partial charge in [-0.25, -0.2) is 4.79 Å². The summed E-state index contributed by atoms with van der Waals surface area (Å²) in [7, 11) is 0. The molecule has 1 aromatic carbocycles. The lowest BCUT2D eigenvalue weighted by molar-refractivity contribution is -0.306. The van der Waals surface area contributed by atoms with Crippen molar-refractivity contribution in [3.63, 3.8) is 0 Å². The van der Waals surface area contributed by atoms with Gasteiger partial charge in [0, 0.05) is 5.92 Å².